The number of likely N-dealkylation sites (tertiary alicyclic amines) is 1. The molecule has 2 N–H and O–H groups in total. The highest BCUT2D eigenvalue weighted by Crippen LogP contribution is 2.33. The summed E-state index contributed by atoms with van der Waals surface area (Å²) in [7, 11) is 1.95. The van der Waals surface area contributed by atoms with Crippen molar-refractivity contribution in [1.82, 2.24) is 10.2 Å². The molecule has 2 aromatic heterocycles. The quantitative estimate of drug-likeness (QED) is 0.418. The molecule has 1 fully saturated rings. The van der Waals surface area contributed by atoms with Crippen molar-refractivity contribution in [3.05, 3.63) is 69.0 Å². The fourth-order valence-electron chi connectivity index (χ4n) is 4.05. The van der Waals surface area contributed by atoms with Gasteiger partial charge in [-0.25, -0.2) is 0 Å². The molecule has 1 unspecified atom stereocenters. The van der Waals surface area contributed by atoms with Gasteiger partial charge < -0.3 is 15.4 Å². The molecule has 0 spiro atoms. The molecule has 0 radical (unpaired) electrons. The molecule has 4 rings (SSSR count). The molecule has 170 valence electrons. The summed E-state index contributed by atoms with van der Waals surface area (Å²) in [5.74, 6) is 0.866. The average Bonchev–Trinajstić information content (AvgIpc) is 3.53. The monoisotopic (exact) mass is 469 g/mol. The zero-order chi connectivity index (χ0) is 22.2. The summed E-state index contributed by atoms with van der Waals surface area (Å²) < 4.78 is 6.40. The fourth-order valence-corrected chi connectivity index (χ4v) is 5.58. The van der Waals surface area contributed by atoms with E-state index in [0.717, 1.165) is 56.9 Å². The molecule has 1 atom stereocenters. The number of hydrogen-bond acceptors (Lipinski definition) is 6. The SMILES string of the molecule is CNCCC(Oc1ccccc1NC(=O)C1CCN(Cc2cccs2)CC1)c1cccs1. The van der Waals surface area contributed by atoms with Gasteiger partial charge in [-0.2, -0.15) is 0 Å². The zero-order valence-electron chi connectivity index (χ0n) is 18.5. The van der Waals surface area contributed by atoms with Gasteiger partial charge in [-0.3, -0.25) is 9.69 Å². The Hall–Kier alpha value is -2.19. The van der Waals surface area contributed by atoms with Crippen LogP contribution in [0.4, 0.5) is 5.69 Å². The number of benzene rings is 1. The lowest BCUT2D eigenvalue weighted by atomic mass is 9.95. The van der Waals surface area contributed by atoms with E-state index in [1.54, 1.807) is 22.7 Å². The van der Waals surface area contributed by atoms with E-state index in [0.29, 0.717) is 0 Å². The van der Waals surface area contributed by atoms with E-state index in [4.69, 9.17) is 4.74 Å². The molecule has 0 saturated carbocycles. The molecule has 7 heteroatoms. The van der Waals surface area contributed by atoms with E-state index < -0.39 is 0 Å². The number of nitrogens with zero attached hydrogens (tertiary/aromatic N) is 1. The fraction of sp³-hybridized carbons (Fsp3) is 0.400. The van der Waals surface area contributed by atoms with Crippen LogP contribution in [0.15, 0.2) is 59.3 Å². The van der Waals surface area contributed by atoms with E-state index in [2.05, 4.69) is 44.5 Å². The van der Waals surface area contributed by atoms with Crippen LogP contribution < -0.4 is 15.4 Å². The van der Waals surface area contributed by atoms with Crippen LogP contribution >= 0.6 is 22.7 Å². The molecule has 1 saturated heterocycles. The lowest BCUT2D eigenvalue weighted by Gasteiger charge is -2.31. The van der Waals surface area contributed by atoms with Crippen LogP contribution in [0.25, 0.3) is 0 Å². The first-order valence-electron chi connectivity index (χ1n) is 11.2. The minimum absolute atomic E-state index is 0.0407. The third-order valence-electron chi connectivity index (χ3n) is 5.85. The molecule has 3 heterocycles. The average molecular weight is 470 g/mol. The van der Waals surface area contributed by atoms with E-state index in [9.17, 15) is 4.79 Å². The van der Waals surface area contributed by atoms with Gasteiger partial charge in [0.2, 0.25) is 5.91 Å². The lowest BCUT2D eigenvalue weighted by Crippen LogP contribution is -2.37. The number of thiophene rings is 2. The Morgan fingerprint density at radius 3 is 2.59 bits per heavy atom. The summed E-state index contributed by atoms with van der Waals surface area (Å²) in [6, 6.07) is 16.2. The first-order chi connectivity index (χ1) is 15.7. The van der Waals surface area contributed by atoms with Crippen molar-refractivity contribution in [2.75, 3.05) is 32.0 Å². The van der Waals surface area contributed by atoms with Gasteiger partial charge in [0.05, 0.1) is 5.69 Å². The maximum atomic E-state index is 13.0. The van der Waals surface area contributed by atoms with Crippen LogP contribution in [0.3, 0.4) is 0 Å². The largest absolute Gasteiger partial charge is 0.483 e. The van der Waals surface area contributed by atoms with Crippen molar-refractivity contribution in [3.63, 3.8) is 0 Å². The number of carbonyl (C=O) groups is 1. The van der Waals surface area contributed by atoms with Gasteiger partial charge in [0, 0.05) is 28.6 Å². The maximum absolute atomic E-state index is 13.0. The Kier molecular flexibility index (Phi) is 8.34. The van der Waals surface area contributed by atoms with Crippen molar-refractivity contribution in [1.29, 1.82) is 0 Å². The summed E-state index contributed by atoms with van der Waals surface area (Å²) >= 11 is 3.50. The van der Waals surface area contributed by atoms with Crippen molar-refractivity contribution in [2.24, 2.45) is 5.92 Å². The number of anilines is 1. The summed E-state index contributed by atoms with van der Waals surface area (Å²) in [6.45, 7) is 3.76. The maximum Gasteiger partial charge on any atom is 0.227 e. The number of rotatable bonds is 10. The standard InChI is InChI=1S/C25H31N3O2S2/c1-26-13-10-23(24-9-5-17-32-24)30-22-8-3-2-7-21(22)27-25(29)19-11-14-28(15-12-19)18-20-6-4-16-31-20/h2-9,16-17,19,23,26H,10-15,18H2,1H3,(H,27,29). The Balaban J connectivity index is 1.36. The number of piperidine rings is 1. The minimum atomic E-state index is -0.0407. The Labute approximate surface area is 198 Å². The number of para-hydroxylation sites is 2. The molecule has 1 amide bonds. The number of hydrogen-bond donors (Lipinski definition) is 2. The summed E-state index contributed by atoms with van der Waals surface area (Å²) in [4.78, 5) is 18.1. The van der Waals surface area contributed by atoms with Gasteiger partial charge in [0.25, 0.3) is 0 Å². The van der Waals surface area contributed by atoms with Gasteiger partial charge in [0.1, 0.15) is 11.9 Å². The molecule has 0 bridgehead atoms. The van der Waals surface area contributed by atoms with Gasteiger partial charge in [-0.05, 0) is 74.5 Å². The first kappa shape index (κ1) is 23.0. The highest BCUT2D eigenvalue weighted by Gasteiger charge is 2.26. The Morgan fingerprint density at radius 1 is 1.09 bits per heavy atom. The van der Waals surface area contributed by atoms with Gasteiger partial charge in [-0.1, -0.05) is 24.3 Å². The molecule has 5 nitrogen and oxygen atoms in total. The predicted octanol–water partition coefficient (Wildman–Crippen LogP) is 5.39. The molecular weight excluding hydrogens is 438 g/mol. The van der Waals surface area contributed by atoms with Crippen LogP contribution in [0.2, 0.25) is 0 Å². The van der Waals surface area contributed by atoms with E-state index >= 15 is 0 Å². The molecule has 1 aliphatic rings. The second kappa shape index (κ2) is 11.6. The second-order valence-electron chi connectivity index (χ2n) is 8.13. The van der Waals surface area contributed by atoms with E-state index in [1.807, 2.05) is 37.4 Å². The van der Waals surface area contributed by atoms with E-state index in [-0.39, 0.29) is 17.9 Å². The molecule has 3 aromatic rings. The zero-order valence-corrected chi connectivity index (χ0v) is 20.1. The summed E-state index contributed by atoms with van der Waals surface area (Å²) in [5.41, 5.74) is 0.754. The number of carbonyl (C=O) groups excluding carboxylic acids is 1. The third-order valence-corrected chi connectivity index (χ3v) is 7.67. The smallest absolute Gasteiger partial charge is 0.227 e. The van der Waals surface area contributed by atoms with E-state index in [1.165, 1.54) is 9.75 Å². The van der Waals surface area contributed by atoms with Crippen LogP contribution in [0.5, 0.6) is 5.75 Å². The topological polar surface area (TPSA) is 53.6 Å². The molecule has 1 aliphatic heterocycles. The van der Waals surface area contributed by atoms with Gasteiger partial charge in [0.15, 0.2) is 0 Å². The van der Waals surface area contributed by atoms with Crippen LogP contribution in [-0.4, -0.2) is 37.5 Å². The van der Waals surface area contributed by atoms with Crippen molar-refractivity contribution >= 4 is 34.3 Å². The molecule has 32 heavy (non-hydrogen) atoms. The number of amides is 1. The lowest BCUT2D eigenvalue weighted by molar-refractivity contribution is -0.121. The normalized spacial score (nSPS) is 16.0. The summed E-state index contributed by atoms with van der Waals surface area (Å²) in [6.07, 6.45) is 2.60. The van der Waals surface area contributed by atoms with Crippen LogP contribution in [-0.2, 0) is 11.3 Å². The molecular formula is C25H31N3O2S2. The highest BCUT2D eigenvalue weighted by molar-refractivity contribution is 7.10. The number of ether oxygens (including phenoxy) is 1. The van der Waals surface area contributed by atoms with Crippen molar-refractivity contribution in [3.8, 4) is 5.75 Å². The predicted molar refractivity (Wildman–Crippen MR) is 134 cm³/mol. The van der Waals surface area contributed by atoms with Crippen LogP contribution in [0, 0.1) is 5.92 Å². The minimum Gasteiger partial charge on any atom is -0.483 e. The Bertz CT molecular complexity index is 951. The van der Waals surface area contributed by atoms with Crippen molar-refractivity contribution < 1.29 is 9.53 Å². The Morgan fingerprint density at radius 2 is 1.88 bits per heavy atom. The van der Waals surface area contributed by atoms with Crippen LogP contribution in [0.1, 0.15) is 35.1 Å². The number of nitrogens with one attached hydrogen (secondary N) is 2. The third kappa shape index (κ3) is 6.19. The molecule has 0 aliphatic carbocycles. The van der Waals surface area contributed by atoms with Gasteiger partial charge in [-0.15, -0.1) is 22.7 Å². The first-order valence-corrected chi connectivity index (χ1v) is 13.0. The van der Waals surface area contributed by atoms with Crippen molar-refractivity contribution in [2.45, 2.75) is 31.9 Å². The highest BCUT2D eigenvalue weighted by atomic mass is 32.1. The van der Waals surface area contributed by atoms with Gasteiger partial charge >= 0.3 is 0 Å². The summed E-state index contributed by atoms with van der Waals surface area (Å²) in [5, 5.41) is 10.6. The second-order valence-corrected chi connectivity index (χ2v) is 10.1. The molecule has 1 aromatic carbocycles.